The van der Waals surface area contributed by atoms with Crippen molar-refractivity contribution < 1.29 is 19.5 Å². The highest BCUT2D eigenvalue weighted by Crippen LogP contribution is 2.45. The van der Waals surface area contributed by atoms with Gasteiger partial charge in [0.25, 0.3) is 6.47 Å². The third-order valence-corrected chi connectivity index (χ3v) is 6.58. The monoisotopic (exact) mass is 452 g/mol. The average Bonchev–Trinajstić information content (AvgIpc) is 3.44. The summed E-state index contributed by atoms with van der Waals surface area (Å²) < 4.78 is 1.72. The lowest BCUT2D eigenvalue weighted by Crippen LogP contribution is -2.56. The number of carbonyl (C=O) groups is 3. The maximum Gasteiger partial charge on any atom is 0.290 e. The van der Waals surface area contributed by atoms with Crippen molar-refractivity contribution >= 4 is 29.2 Å². The molecule has 10 heteroatoms. The molecule has 33 heavy (non-hydrogen) atoms. The van der Waals surface area contributed by atoms with Gasteiger partial charge in [-0.25, -0.2) is 4.98 Å². The van der Waals surface area contributed by atoms with Crippen LogP contribution in [0.15, 0.2) is 43.0 Å². The molecule has 3 atom stereocenters. The Labute approximate surface area is 191 Å². The number of nitrogens with one attached hydrogen (secondary N) is 2. The highest BCUT2D eigenvalue weighted by atomic mass is 16.3. The highest BCUT2D eigenvalue weighted by Gasteiger charge is 2.48. The molecule has 3 heterocycles. The number of amides is 2. The summed E-state index contributed by atoms with van der Waals surface area (Å²) >= 11 is 0. The van der Waals surface area contributed by atoms with Crippen molar-refractivity contribution in [3.8, 4) is 0 Å². The van der Waals surface area contributed by atoms with Gasteiger partial charge in [0.05, 0.1) is 11.8 Å². The fourth-order valence-electron chi connectivity index (χ4n) is 4.82. The van der Waals surface area contributed by atoms with Gasteiger partial charge >= 0.3 is 0 Å². The first-order chi connectivity index (χ1) is 16.1. The van der Waals surface area contributed by atoms with Gasteiger partial charge in [0.1, 0.15) is 6.54 Å². The van der Waals surface area contributed by atoms with Crippen molar-refractivity contribution in [3.05, 3.63) is 48.7 Å². The Bertz CT molecular complexity index is 1060. The van der Waals surface area contributed by atoms with E-state index in [4.69, 9.17) is 9.90 Å². The molecule has 0 bridgehead atoms. The Morgan fingerprint density at radius 2 is 2.12 bits per heavy atom. The maximum absolute atomic E-state index is 12.9. The number of benzene rings is 1. The Morgan fingerprint density at radius 1 is 1.30 bits per heavy atom. The largest absolute Gasteiger partial charge is 0.483 e. The quantitative estimate of drug-likeness (QED) is 0.483. The smallest absolute Gasteiger partial charge is 0.290 e. The first-order valence-corrected chi connectivity index (χ1v) is 11.1. The second kappa shape index (κ2) is 10.3. The van der Waals surface area contributed by atoms with Gasteiger partial charge in [-0.1, -0.05) is 18.2 Å². The first kappa shape index (κ1) is 22.5. The van der Waals surface area contributed by atoms with E-state index in [9.17, 15) is 9.59 Å². The van der Waals surface area contributed by atoms with Gasteiger partial charge in [-0.2, -0.15) is 5.10 Å². The molecular weight excluding hydrogens is 424 g/mol. The summed E-state index contributed by atoms with van der Waals surface area (Å²) in [5.74, 6) is 1.03. The zero-order chi connectivity index (χ0) is 23.2. The van der Waals surface area contributed by atoms with Crippen molar-refractivity contribution in [3.63, 3.8) is 0 Å². The van der Waals surface area contributed by atoms with Gasteiger partial charge in [0.2, 0.25) is 11.8 Å². The molecule has 10 nitrogen and oxygen atoms in total. The van der Waals surface area contributed by atoms with Crippen LogP contribution in [0, 0.1) is 17.8 Å². The maximum atomic E-state index is 12.9. The summed E-state index contributed by atoms with van der Waals surface area (Å²) in [5.41, 5.74) is 1.91. The van der Waals surface area contributed by atoms with Crippen LogP contribution in [0.3, 0.4) is 0 Å². The summed E-state index contributed by atoms with van der Waals surface area (Å²) in [6, 6.07) is 7.87. The molecule has 0 radical (unpaired) electrons. The molecule has 1 aliphatic carbocycles. The number of hydrogen-bond donors (Lipinski definition) is 3. The third kappa shape index (κ3) is 5.21. The average molecular weight is 453 g/mol. The van der Waals surface area contributed by atoms with E-state index in [0.29, 0.717) is 19.0 Å². The molecular formula is C23H28N6O4. The third-order valence-electron chi connectivity index (χ3n) is 6.58. The number of carboxylic acid groups (broad SMARTS) is 1. The number of likely N-dealkylation sites (tertiary alicyclic amines) is 1. The van der Waals surface area contributed by atoms with Crippen molar-refractivity contribution in [2.24, 2.45) is 17.8 Å². The van der Waals surface area contributed by atoms with E-state index < -0.39 is 0 Å². The van der Waals surface area contributed by atoms with E-state index in [1.807, 2.05) is 35.4 Å². The lowest BCUT2D eigenvalue weighted by molar-refractivity contribution is -0.145. The van der Waals surface area contributed by atoms with Gasteiger partial charge < -0.3 is 20.3 Å². The summed E-state index contributed by atoms with van der Waals surface area (Å²) in [6.45, 7) is 2.04. The van der Waals surface area contributed by atoms with Gasteiger partial charge in [-0.05, 0) is 30.7 Å². The minimum Gasteiger partial charge on any atom is -0.483 e. The fraction of sp³-hybridized carbons (Fsp3) is 0.435. The van der Waals surface area contributed by atoms with E-state index >= 15 is 0 Å². The molecule has 0 spiro atoms. The number of carbonyl (C=O) groups excluding carboxylic acids is 2. The molecule has 3 N–H and O–H groups in total. The van der Waals surface area contributed by atoms with Crippen LogP contribution in [0.5, 0.6) is 0 Å². The standard InChI is InChI=1S/C22H26N6O2.CH2O2/c29-21(13-28-11-16-3-1-2-4-20(16)26-28)27-8-6-15-9-18(19(15)12-27)22(30)24-7-5-17-10-23-14-25-17;2-1-3/h1-4,10-11,14-15,18-19H,5-9,12-13H2,(H,23,25)(H,24,30);1H,(H,2,3)/t15-,18-,19-;/m1./s1. The predicted molar refractivity (Wildman–Crippen MR) is 120 cm³/mol. The second-order valence-corrected chi connectivity index (χ2v) is 8.50. The molecule has 2 aromatic heterocycles. The number of H-pyrrole nitrogens is 1. The topological polar surface area (TPSA) is 133 Å². The van der Waals surface area contributed by atoms with Crippen LogP contribution >= 0.6 is 0 Å². The molecule has 1 aliphatic heterocycles. The predicted octanol–water partition coefficient (Wildman–Crippen LogP) is 1.30. The van der Waals surface area contributed by atoms with Crippen LogP contribution in [0.2, 0.25) is 0 Å². The first-order valence-electron chi connectivity index (χ1n) is 11.1. The van der Waals surface area contributed by atoms with E-state index in [1.54, 1.807) is 17.2 Å². The molecule has 5 rings (SSSR count). The zero-order valence-electron chi connectivity index (χ0n) is 18.3. The van der Waals surface area contributed by atoms with E-state index in [0.717, 1.165) is 42.4 Å². The molecule has 1 saturated heterocycles. The molecule has 174 valence electrons. The second-order valence-electron chi connectivity index (χ2n) is 8.50. The molecule has 2 aliphatic rings. The van der Waals surface area contributed by atoms with Crippen LogP contribution in [0.25, 0.3) is 10.9 Å². The van der Waals surface area contributed by atoms with Gasteiger partial charge in [-0.15, -0.1) is 0 Å². The Balaban J connectivity index is 0.000000821. The molecule has 2 amide bonds. The van der Waals surface area contributed by atoms with Crippen LogP contribution < -0.4 is 5.32 Å². The molecule has 1 aromatic carbocycles. The Kier molecular flexibility index (Phi) is 7.01. The number of nitrogens with zero attached hydrogens (tertiary/aromatic N) is 4. The minimum atomic E-state index is -0.250. The lowest BCUT2D eigenvalue weighted by Gasteiger charge is -2.50. The molecule has 0 unspecified atom stereocenters. The summed E-state index contributed by atoms with van der Waals surface area (Å²) in [6.07, 6.45) is 8.00. The van der Waals surface area contributed by atoms with Crippen LogP contribution in [-0.4, -0.2) is 67.7 Å². The van der Waals surface area contributed by atoms with Crippen molar-refractivity contribution in [1.29, 1.82) is 0 Å². The fourth-order valence-corrected chi connectivity index (χ4v) is 4.82. The summed E-state index contributed by atoms with van der Waals surface area (Å²) in [4.78, 5) is 42.8. The minimum absolute atomic E-state index is 0.0136. The number of fused-ring (bicyclic) bond motifs is 2. The van der Waals surface area contributed by atoms with Crippen molar-refractivity contribution in [2.45, 2.75) is 25.8 Å². The van der Waals surface area contributed by atoms with Gasteiger partial charge in [0.15, 0.2) is 0 Å². The van der Waals surface area contributed by atoms with Crippen LogP contribution in [-0.2, 0) is 27.3 Å². The van der Waals surface area contributed by atoms with E-state index in [1.165, 1.54) is 0 Å². The number of rotatable bonds is 6. The number of aromatic amines is 1. The Morgan fingerprint density at radius 3 is 2.88 bits per heavy atom. The normalized spacial score (nSPS) is 21.3. The van der Waals surface area contributed by atoms with Gasteiger partial charge in [-0.3, -0.25) is 19.1 Å². The lowest BCUT2D eigenvalue weighted by atomic mass is 9.61. The van der Waals surface area contributed by atoms with Crippen molar-refractivity contribution in [2.75, 3.05) is 19.6 Å². The zero-order valence-corrected chi connectivity index (χ0v) is 18.3. The number of hydrogen-bond acceptors (Lipinski definition) is 5. The van der Waals surface area contributed by atoms with Crippen molar-refractivity contribution in [1.82, 2.24) is 30.0 Å². The highest BCUT2D eigenvalue weighted by molar-refractivity contribution is 5.81. The number of imidazole rings is 1. The number of piperidine rings is 1. The van der Waals surface area contributed by atoms with Crippen LogP contribution in [0.4, 0.5) is 0 Å². The molecule has 1 saturated carbocycles. The van der Waals surface area contributed by atoms with E-state index in [-0.39, 0.29) is 36.7 Å². The summed E-state index contributed by atoms with van der Waals surface area (Å²) in [5, 5.41) is 15.5. The van der Waals surface area contributed by atoms with Gasteiger partial charge in [0, 0.05) is 55.4 Å². The number of aromatic nitrogens is 4. The Hall–Kier alpha value is -3.69. The summed E-state index contributed by atoms with van der Waals surface area (Å²) in [7, 11) is 0. The SMILES string of the molecule is O=C(NCCc1cnc[nH]1)[C@@H]1C[C@H]2CCN(C(=O)Cn3cc4ccccc4n3)C[C@H]21.O=CO. The molecule has 2 fully saturated rings. The van der Waals surface area contributed by atoms with Crippen LogP contribution in [0.1, 0.15) is 18.5 Å². The van der Waals surface area contributed by atoms with E-state index in [2.05, 4.69) is 20.4 Å². The molecule has 3 aromatic rings.